The average Bonchev–Trinajstić information content (AvgIpc) is 2.85. The molecule has 0 bridgehead atoms. The molecule has 8 nitrogen and oxygen atoms in total. The molecule has 0 saturated heterocycles. The molecule has 0 aliphatic rings. The van der Waals surface area contributed by atoms with E-state index in [-0.39, 0.29) is 0 Å². The van der Waals surface area contributed by atoms with Crippen molar-refractivity contribution in [2.45, 2.75) is 31.1 Å². The Balaban J connectivity index is 2.29. The Labute approximate surface area is 121 Å². The molecule has 20 heavy (non-hydrogen) atoms. The fourth-order valence-electron chi connectivity index (χ4n) is 1.60. The number of hydrogen-bond acceptors (Lipinski definition) is 8. The summed E-state index contributed by atoms with van der Waals surface area (Å²) in [6.45, 7) is 7.67. The fraction of sp³-hybridized carbons (Fsp3) is 0.545. The molecule has 0 atom stereocenters. The van der Waals surface area contributed by atoms with E-state index in [0.29, 0.717) is 22.2 Å². The molecule has 2 N–H and O–H groups in total. The number of aryl methyl sites for hydroxylation is 1. The lowest BCUT2D eigenvalue weighted by atomic mass is 10.5. The smallest absolute Gasteiger partial charge is 0.231 e. The van der Waals surface area contributed by atoms with Crippen LogP contribution in [0.15, 0.2) is 10.3 Å². The Morgan fingerprint density at radius 3 is 2.40 bits per heavy atom. The predicted molar refractivity (Wildman–Crippen MR) is 78.2 cm³/mol. The first-order valence-corrected chi connectivity index (χ1v) is 7.23. The van der Waals surface area contributed by atoms with Gasteiger partial charge in [-0.3, -0.25) is 5.10 Å². The average molecular weight is 294 g/mol. The van der Waals surface area contributed by atoms with Crippen LogP contribution in [0.25, 0.3) is 0 Å². The molecule has 0 aliphatic heterocycles. The molecule has 9 heteroatoms. The van der Waals surface area contributed by atoms with Gasteiger partial charge in [0.25, 0.3) is 0 Å². The standard InChI is InChI=1S/C11H18N8S/c1-5-19(6-2)9-14-8(12-4)15-10(16-9)20-11-13-7(3)17-18-11/h5-6H2,1-4H3,(H,13,17,18)(H,12,14,15,16). The van der Waals surface area contributed by atoms with Crippen LogP contribution in [0.5, 0.6) is 0 Å². The summed E-state index contributed by atoms with van der Waals surface area (Å²) >= 11 is 1.31. The maximum absolute atomic E-state index is 4.46. The largest absolute Gasteiger partial charge is 0.357 e. The van der Waals surface area contributed by atoms with Crippen LogP contribution in [0.3, 0.4) is 0 Å². The Morgan fingerprint density at radius 1 is 1.10 bits per heavy atom. The summed E-state index contributed by atoms with van der Waals surface area (Å²) < 4.78 is 0. The van der Waals surface area contributed by atoms with Crippen molar-refractivity contribution in [2.24, 2.45) is 0 Å². The molecule has 0 amide bonds. The third kappa shape index (κ3) is 3.35. The van der Waals surface area contributed by atoms with Gasteiger partial charge in [-0.2, -0.15) is 15.0 Å². The highest BCUT2D eigenvalue weighted by atomic mass is 32.2. The maximum Gasteiger partial charge on any atom is 0.231 e. The van der Waals surface area contributed by atoms with Gasteiger partial charge in [0, 0.05) is 20.1 Å². The number of anilines is 2. The van der Waals surface area contributed by atoms with Gasteiger partial charge in [-0.1, -0.05) is 0 Å². The van der Waals surface area contributed by atoms with Gasteiger partial charge < -0.3 is 10.2 Å². The Bertz CT molecular complexity index is 565. The van der Waals surface area contributed by atoms with Gasteiger partial charge in [0.15, 0.2) is 0 Å². The zero-order chi connectivity index (χ0) is 14.5. The zero-order valence-corrected chi connectivity index (χ0v) is 12.8. The molecule has 0 aliphatic carbocycles. The van der Waals surface area contributed by atoms with Gasteiger partial charge in [0.2, 0.25) is 22.2 Å². The monoisotopic (exact) mass is 294 g/mol. The van der Waals surface area contributed by atoms with Crippen LogP contribution in [0.4, 0.5) is 11.9 Å². The van der Waals surface area contributed by atoms with E-state index in [2.05, 4.69) is 54.2 Å². The van der Waals surface area contributed by atoms with E-state index in [1.165, 1.54) is 11.8 Å². The quantitative estimate of drug-likeness (QED) is 0.824. The molecule has 108 valence electrons. The molecular weight excluding hydrogens is 276 g/mol. The van der Waals surface area contributed by atoms with E-state index in [9.17, 15) is 0 Å². The normalized spacial score (nSPS) is 10.6. The van der Waals surface area contributed by atoms with Crippen molar-refractivity contribution in [3.8, 4) is 0 Å². The van der Waals surface area contributed by atoms with Crippen molar-refractivity contribution >= 4 is 23.7 Å². The second-order valence-electron chi connectivity index (χ2n) is 3.97. The highest BCUT2D eigenvalue weighted by Gasteiger charge is 2.13. The molecule has 0 radical (unpaired) electrons. The third-order valence-electron chi connectivity index (χ3n) is 2.63. The minimum atomic E-state index is 0.539. The lowest BCUT2D eigenvalue weighted by Gasteiger charge is -2.18. The molecule has 2 heterocycles. The van der Waals surface area contributed by atoms with Crippen LogP contribution in [-0.4, -0.2) is 50.3 Å². The van der Waals surface area contributed by atoms with Crippen LogP contribution in [0, 0.1) is 6.92 Å². The zero-order valence-electron chi connectivity index (χ0n) is 12.0. The van der Waals surface area contributed by atoms with Crippen molar-refractivity contribution in [3.05, 3.63) is 5.82 Å². The Hall–Kier alpha value is -1.90. The number of nitrogens with one attached hydrogen (secondary N) is 2. The highest BCUT2D eigenvalue weighted by Crippen LogP contribution is 2.23. The van der Waals surface area contributed by atoms with Crippen molar-refractivity contribution in [1.82, 2.24) is 30.1 Å². The van der Waals surface area contributed by atoms with E-state index in [4.69, 9.17) is 0 Å². The first-order chi connectivity index (χ1) is 9.66. The molecule has 2 aromatic heterocycles. The highest BCUT2D eigenvalue weighted by molar-refractivity contribution is 7.99. The number of rotatable bonds is 6. The van der Waals surface area contributed by atoms with Gasteiger partial charge in [-0.25, -0.2) is 4.98 Å². The molecular formula is C11H18N8S. The summed E-state index contributed by atoms with van der Waals surface area (Å²) in [4.78, 5) is 19.5. The van der Waals surface area contributed by atoms with Gasteiger partial charge in [0.05, 0.1) is 0 Å². The molecule has 2 aromatic rings. The van der Waals surface area contributed by atoms with Crippen molar-refractivity contribution < 1.29 is 0 Å². The van der Waals surface area contributed by atoms with Gasteiger partial charge >= 0.3 is 0 Å². The van der Waals surface area contributed by atoms with E-state index >= 15 is 0 Å². The summed E-state index contributed by atoms with van der Waals surface area (Å²) in [7, 11) is 1.78. The van der Waals surface area contributed by atoms with Crippen molar-refractivity contribution in [2.75, 3.05) is 30.4 Å². The fourth-order valence-corrected chi connectivity index (χ4v) is 2.30. The molecule has 0 spiro atoms. The molecule has 0 unspecified atom stereocenters. The lowest BCUT2D eigenvalue weighted by Crippen LogP contribution is -2.25. The van der Waals surface area contributed by atoms with Crippen molar-refractivity contribution in [3.63, 3.8) is 0 Å². The number of aromatic amines is 1. The number of H-pyrrole nitrogens is 1. The maximum atomic E-state index is 4.46. The Morgan fingerprint density at radius 2 is 1.85 bits per heavy atom. The second kappa shape index (κ2) is 6.51. The predicted octanol–water partition coefficient (Wildman–Crippen LogP) is 1.34. The van der Waals surface area contributed by atoms with Crippen LogP contribution < -0.4 is 10.2 Å². The minimum absolute atomic E-state index is 0.539. The van der Waals surface area contributed by atoms with E-state index in [1.54, 1.807) is 7.05 Å². The summed E-state index contributed by atoms with van der Waals surface area (Å²) in [5.74, 6) is 1.96. The van der Waals surface area contributed by atoms with Crippen LogP contribution in [0.1, 0.15) is 19.7 Å². The van der Waals surface area contributed by atoms with Gasteiger partial charge in [-0.05, 0) is 32.5 Å². The van der Waals surface area contributed by atoms with Crippen molar-refractivity contribution in [1.29, 1.82) is 0 Å². The first-order valence-electron chi connectivity index (χ1n) is 6.41. The summed E-state index contributed by atoms with van der Waals surface area (Å²) in [6, 6.07) is 0. The van der Waals surface area contributed by atoms with Crippen LogP contribution in [-0.2, 0) is 0 Å². The molecule has 0 fully saturated rings. The summed E-state index contributed by atoms with van der Waals surface area (Å²) in [5.41, 5.74) is 0. The molecule has 2 rings (SSSR count). The third-order valence-corrected chi connectivity index (χ3v) is 3.36. The SMILES string of the molecule is CCN(CC)c1nc(NC)nc(Sc2n[nH]c(C)n2)n1. The first kappa shape index (κ1) is 14.5. The van der Waals surface area contributed by atoms with E-state index in [0.717, 1.165) is 18.9 Å². The topological polar surface area (TPSA) is 95.5 Å². The van der Waals surface area contributed by atoms with Crippen LogP contribution >= 0.6 is 11.8 Å². The van der Waals surface area contributed by atoms with E-state index < -0.39 is 0 Å². The minimum Gasteiger partial charge on any atom is -0.357 e. The summed E-state index contributed by atoms with van der Waals surface area (Å²) in [5, 5.41) is 11.0. The van der Waals surface area contributed by atoms with Crippen LogP contribution in [0.2, 0.25) is 0 Å². The number of nitrogens with zero attached hydrogens (tertiary/aromatic N) is 6. The lowest BCUT2D eigenvalue weighted by molar-refractivity contribution is 0.783. The van der Waals surface area contributed by atoms with Gasteiger partial charge in [-0.15, -0.1) is 5.10 Å². The Kier molecular flexibility index (Phi) is 4.72. The summed E-state index contributed by atoms with van der Waals surface area (Å²) in [6.07, 6.45) is 0. The number of hydrogen-bond donors (Lipinski definition) is 2. The van der Waals surface area contributed by atoms with E-state index in [1.807, 2.05) is 6.92 Å². The second-order valence-corrected chi connectivity index (χ2v) is 4.90. The molecule has 0 aromatic carbocycles. The number of aromatic nitrogens is 6. The van der Waals surface area contributed by atoms with Gasteiger partial charge in [0.1, 0.15) is 5.82 Å². The molecule has 0 saturated carbocycles.